The van der Waals surface area contributed by atoms with E-state index in [1.165, 1.54) is 12.1 Å². The molecule has 0 bridgehead atoms. The lowest BCUT2D eigenvalue weighted by Gasteiger charge is -2.11. The molecule has 8 heteroatoms. The lowest BCUT2D eigenvalue weighted by atomic mass is 10.2. The number of rotatable bonds is 5. The quantitative estimate of drug-likeness (QED) is 0.726. The molecule has 0 aromatic carbocycles. The molecule has 0 aliphatic rings. The molecule has 0 radical (unpaired) electrons. The van der Waals surface area contributed by atoms with Crippen molar-refractivity contribution in [2.24, 2.45) is 5.73 Å². The maximum Gasteiger partial charge on any atom is 0.326 e. The van der Waals surface area contributed by atoms with Gasteiger partial charge in [0.25, 0.3) is 5.91 Å². The highest BCUT2D eigenvalue weighted by molar-refractivity contribution is 7.18. The van der Waals surface area contributed by atoms with Crippen molar-refractivity contribution in [3.8, 4) is 0 Å². The van der Waals surface area contributed by atoms with E-state index in [-0.39, 0.29) is 4.88 Å². The summed E-state index contributed by atoms with van der Waals surface area (Å²) in [7, 11) is 0. The SMILES string of the molecule is NC(=O)CC(NC(=O)c1ccc(Cl)s1)C(=O)O. The fourth-order valence-corrected chi connectivity index (χ4v) is 2.01. The number of hydrogen-bond donors (Lipinski definition) is 3. The van der Waals surface area contributed by atoms with Gasteiger partial charge in [-0.05, 0) is 12.1 Å². The average molecular weight is 277 g/mol. The van der Waals surface area contributed by atoms with E-state index in [0.717, 1.165) is 11.3 Å². The molecule has 1 unspecified atom stereocenters. The van der Waals surface area contributed by atoms with Gasteiger partial charge in [0, 0.05) is 0 Å². The van der Waals surface area contributed by atoms with Gasteiger partial charge in [-0.2, -0.15) is 0 Å². The minimum Gasteiger partial charge on any atom is -0.480 e. The summed E-state index contributed by atoms with van der Waals surface area (Å²) in [6, 6.07) is 1.65. The lowest BCUT2D eigenvalue weighted by molar-refractivity contribution is -0.140. The second-order valence-corrected chi connectivity index (χ2v) is 4.85. The molecule has 1 rings (SSSR count). The van der Waals surface area contributed by atoms with Crippen molar-refractivity contribution >= 4 is 40.7 Å². The maximum absolute atomic E-state index is 11.6. The first-order valence-electron chi connectivity index (χ1n) is 4.47. The van der Waals surface area contributed by atoms with Crippen LogP contribution in [0.2, 0.25) is 4.34 Å². The van der Waals surface area contributed by atoms with Crippen molar-refractivity contribution in [3.05, 3.63) is 21.3 Å². The van der Waals surface area contributed by atoms with Crippen LogP contribution in [0.25, 0.3) is 0 Å². The number of halogens is 1. The Kier molecular flexibility index (Phi) is 4.47. The topological polar surface area (TPSA) is 109 Å². The van der Waals surface area contributed by atoms with Crippen LogP contribution in [0.15, 0.2) is 12.1 Å². The number of amides is 2. The number of carboxylic acids is 1. The normalized spacial score (nSPS) is 11.8. The van der Waals surface area contributed by atoms with E-state index in [1.54, 1.807) is 0 Å². The standard InChI is InChI=1S/C9H9ClN2O4S/c10-6-2-1-5(17-6)8(14)12-4(9(15)16)3-7(11)13/h1-2,4H,3H2,(H2,11,13)(H,12,14)(H,15,16). The molecule has 0 aliphatic heterocycles. The molecule has 0 fully saturated rings. The van der Waals surface area contributed by atoms with Crippen LogP contribution in [-0.2, 0) is 9.59 Å². The first-order chi connectivity index (χ1) is 7.90. The summed E-state index contributed by atoms with van der Waals surface area (Å²) < 4.78 is 0.414. The monoisotopic (exact) mass is 276 g/mol. The summed E-state index contributed by atoms with van der Waals surface area (Å²) in [5.41, 5.74) is 4.88. The minimum absolute atomic E-state index is 0.269. The highest BCUT2D eigenvalue weighted by Crippen LogP contribution is 2.21. The van der Waals surface area contributed by atoms with Crippen molar-refractivity contribution < 1.29 is 19.5 Å². The molecule has 92 valence electrons. The summed E-state index contributed by atoms with van der Waals surface area (Å²) >= 11 is 6.65. The Morgan fingerprint density at radius 2 is 2.12 bits per heavy atom. The molecule has 17 heavy (non-hydrogen) atoms. The number of nitrogens with two attached hydrogens (primary N) is 1. The number of nitrogens with one attached hydrogen (secondary N) is 1. The molecule has 1 heterocycles. The van der Waals surface area contributed by atoms with Gasteiger partial charge in [-0.15, -0.1) is 11.3 Å². The number of carbonyl (C=O) groups is 3. The van der Waals surface area contributed by atoms with Gasteiger partial charge >= 0.3 is 5.97 Å². The molecule has 0 spiro atoms. The number of aliphatic carboxylic acids is 1. The summed E-state index contributed by atoms with van der Waals surface area (Å²) in [5, 5.41) is 11.0. The zero-order chi connectivity index (χ0) is 13.0. The largest absolute Gasteiger partial charge is 0.480 e. The molecule has 4 N–H and O–H groups in total. The smallest absolute Gasteiger partial charge is 0.326 e. The molecular formula is C9H9ClN2O4S. The summed E-state index contributed by atoms with van der Waals surface area (Å²) in [6.45, 7) is 0. The summed E-state index contributed by atoms with van der Waals surface area (Å²) in [6.07, 6.45) is -0.458. The number of hydrogen-bond acceptors (Lipinski definition) is 4. The van der Waals surface area contributed by atoms with Crippen LogP contribution in [0.5, 0.6) is 0 Å². The van der Waals surface area contributed by atoms with Gasteiger partial charge in [0.1, 0.15) is 6.04 Å². The van der Waals surface area contributed by atoms with E-state index in [1.807, 2.05) is 0 Å². The van der Waals surface area contributed by atoms with Gasteiger partial charge in [-0.1, -0.05) is 11.6 Å². The Morgan fingerprint density at radius 1 is 1.47 bits per heavy atom. The predicted octanol–water partition coefficient (Wildman–Crippen LogP) is 0.460. The third kappa shape index (κ3) is 4.04. The van der Waals surface area contributed by atoms with E-state index in [4.69, 9.17) is 22.4 Å². The lowest BCUT2D eigenvalue weighted by Crippen LogP contribution is -2.43. The van der Waals surface area contributed by atoms with E-state index in [2.05, 4.69) is 5.32 Å². The van der Waals surface area contributed by atoms with Gasteiger partial charge in [0.15, 0.2) is 0 Å². The van der Waals surface area contributed by atoms with Crippen LogP contribution in [0, 0.1) is 0 Å². The highest BCUT2D eigenvalue weighted by atomic mass is 35.5. The Bertz CT molecular complexity index is 460. The van der Waals surface area contributed by atoms with Gasteiger partial charge < -0.3 is 16.2 Å². The second-order valence-electron chi connectivity index (χ2n) is 3.14. The second kappa shape index (κ2) is 5.65. The number of carboxylic acid groups (broad SMARTS) is 1. The first-order valence-corrected chi connectivity index (χ1v) is 5.67. The Morgan fingerprint density at radius 3 is 2.53 bits per heavy atom. The molecule has 1 atom stereocenters. The summed E-state index contributed by atoms with van der Waals surface area (Å²) in [5.74, 6) is -2.72. The van der Waals surface area contributed by atoms with Crippen molar-refractivity contribution in [1.29, 1.82) is 0 Å². The van der Waals surface area contributed by atoms with Crippen LogP contribution in [0.3, 0.4) is 0 Å². The predicted molar refractivity (Wildman–Crippen MR) is 62.0 cm³/mol. The van der Waals surface area contributed by atoms with Crippen LogP contribution < -0.4 is 11.1 Å². The van der Waals surface area contributed by atoms with Crippen LogP contribution >= 0.6 is 22.9 Å². The van der Waals surface area contributed by atoms with Crippen LogP contribution in [0.4, 0.5) is 0 Å². The third-order valence-electron chi connectivity index (χ3n) is 1.81. The molecule has 0 saturated carbocycles. The molecule has 0 aliphatic carbocycles. The van der Waals surface area contributed by atoms with Crippen molar-refractivity contribution in [1.82, 2.24) is 5.32 Å². The minimum atomic E-state index is -1.33. The Balaban J connectivity index is 2.70. The molecule has 0 saturated heterocycles. The van der Waals surface area contributed by atoms with Gasteiger partial charge in [0.05, 0.1) is 15.6 Å². The van der Waals surface area contributed by atoms with Gasteiger partial charge in [-0.25, -0.2) is 4.79 Å². The Hall–Kier alpha value is -1.60. The molecule has 1 aromatic heterocycles. The molecule has 6 nitrogen and oxygen atoms in total. The molecule has 2 amide bonds. The molecule has 1 aromatic rings. The first kappa shape index (κ1) is 13.5. The van der Waals surface area contributed by atoms with Gasteiger partial charge in [-0.3, -0.25) is 9.59 Å². The third-order valence-corrected chi connectivity index (χ3v) is 3.04. The van der Waals surface area contributed by atoms with Crippen molar-refractivity contribution in [2.75, 3.05) is 0 Å². The fraction of sp³-hybridized carbons (Fsp3) is 0.222. The Labute approximate surface area is 105 Å². The van der Waals surface area contributed by atoms with E-state index in [9.17, 15) is 14.4 Å². The maximum atomic E-state index is 11.6. The summed E-state index contributed by atoms with van der Waals surface area (Å²) in [4.78, 5) is 33.2. The number of thiophene rings is 1. The van der Waals surface area contributed by atoms with E-state index < -0.39 is 30.2 Å². The van der Waals surface area contributed by atoms with E-state index >= 15 is 0 Å². The zero-order valence-corrected chi connectivity index (χ0v) is 10.0. The van der Waals surface area contributed by atoms with Crippen molar-refractivity contribution in [2.45, 2.75) is 12.5 Å². The van der Waals surface area contributed by atoms with E-state index in [0.29, 0.717) is 4.34 Å². The molecular weight excluding hydrogens is 268 g/mol. The van der Waals surface area contributed by atoms with Crippen LogP contribution in [0.1, 0.15) is 16.1 Å². The zero-order valence-electron chi connectivity index (χ0n) is 8.47. The number of carbonyl (C=O) groups excluding carboxylic acids is 2. The number of primary amides is 1. The fourth-order valence-electron chi connectivity index (χ4n) is 1.07. The average Bonchev–Trinajstić information content (AvgIpc) is 2.63. The van der Waals surface area contributed by atoms with Crippen LogP contribution in [-0.4, -0.2) is 28.9 Å². The van der Waals surface area contributed by atoms with Crippen molar-refractivity contribution in [3.63, 3.8) is 0 Å². The van der Waals surface area contributed by atoms with Gasteiger partial charge in [0.2, 0.25) is 5.91 Å². The highest BCUT2D eigenvalue weighted by Gasteiger charge is 2.23.